The lowest BCUT2D eigenvalue weighted by molar-refractivity contribution is -0.891. The summed E-state index contributed by atoms with van der Waals surface area (Å²) in [5.41, 5.74) is 24.1. The van der Waals surface area contributed by atoms with Crippen LogP contribution in [0.15, 0.2) is 12.4 Å². The first-order valence-corrected chi connectivity index (χ1v) is 6.76. The first-order valence-electron chi connectivity index (χ1n) is 6.76. The van der Waals surface area contributed by atoms with E-state index in [0.717, 1.165) is 17.6 Å². The van der Waals surface area contributed by atoms with Gasteiger partial charge in [0.25, 0.3) is 0 Å². The van der Waals surface area contributed by atoms with Gasteiger partial charge >= 0.3 is 0 Å². The summed E-state index contributed by atoms with van der Waals surface area (Å²) in [4.78, 5) is 0. The Kier molecular flexibility index (Phi) is 3.94. The van der Waals surface area contributed by atoms with Crippen LogP contribution in [0.25, 0.3) is 0 Å². The zero-order chi connectivity index (χ0) is 15.6. The maximum atomic E-state index is 5.84. The Morgan fingerprint density at radius 2 is 1.24 bits per heavy atom. The third-order valence-corrected chi connectivity index (χ3v) is 3.65. The Bertz CT molecular complexity index is 558. The van der Waals surface area contributed by atoms with E-state index < -0.39 is 0 Å². The summed E-state index contributed by atoms with van der Waals surface area (Å²) in [6.45, 7) is 3.13. The zero-order valence-corrected chi connectivity index (χ0v) is 12.5. The molecule has 2 rings (SSSR count). The quantitative estimate of drug-likeness (QED) is 0.513. The Morgan fingerprint density at radius 1 is 0.857 bits per heavy atom. The first kappa shape index (κ1) is 15.0. The van der Waals surface area contributed by atoms with E-state index in [9.17, 15) is 0 Å². The molecule has 0 saturated carbocycles. The first-order chi connectivity index (χ1) is 9.80. The van der Waals surface area contributed by atoms with Gasteiger partial charge in [0.1, 0.15) is 11.6 Å². The standard InChI is InChI=1S/C12H24N9/c1-21(2,5-3-19-11(15)9(13)7-17-19)6-4-20-12(16)10(14)8-18-20/h7-8H,3-6,13-16H2,1-2H3/q+1. The summed E-state index contributed by atoms with van der Waals surface area (Å²) in [6.07, 6.45) is 3.14. The van der Waals surface area contributed by atoms with Crippen molar-refractivity contribution in [3.63, 3.8) is 0 Å². The van der Waals surface area contributed by atoms with Crippen molar-refractivity contribution < 1.29 is 4.48 Å². The van der Waals surface area contributed by atoms with Crippen LogP contribution in [-0.4, -0.2) is 51.2 Å². The van der Waals surface area contributed by atoms with Crippen LogP contribution in [0.4, 0.5) is 23.0 Å². The van der Waals surface area contributed by atoms with E-state index in [1.165, 1.54) is 0 Å². The predicted octanol–water partition coefficient (Wildman–Crippen LogP) is -0.815. The minimum Gasteiger partial charge on any atom is -0.394 e. The van der Waals surface area contributed by atoms with Crippen molar-refractivity contribution >= 4 is 23.0 Å². The SMILES string of the molecule is C[N+](C)(CCn1ncc(N)c1N)CCn1ncc(N)c1N. The predicted molar refractivity (Wildman–Crippen MR) is 83.9 cm³/mol. The molecule has 0 aliphatic heterocycles. The van der Waals surface area contributed by atoms with Crippen LogP contribution < -0.4 is 22.9 Å². The van der Waals surface area contributed by atoms with E-state index in [2.05, 4.69) is 24.3 Å². The second-order valence-corrected chi connectivity index (χ2v) is 5.80. The summed E-state index contributed by atoms with van der Waals surface area (Å²) in [7, 11) is 4.26. The molecule has 2 aromatic rings. The molecule has 8 N–H and O–H groups in total. The number of nitrogens with two attached hydrogens (primary N) is 4. The highest BCUT2D eigenvalue weighted by atomic mass is 15.4. The topological polar surface area (TPSA) is 140 Å². The van der Waals surface area contributed by atoms with E-state index in [0.29, 0.717) is 36.1 Å². The molecule has 0 atom stereocenters. The number of quaternary nitrogens is 1. The minimum atomic E-state index is 0.513. The molecule has 0 saturated heterocycles. The second kappa shape index (κ2) is 5.52. The van der Waals surface area contributed by atoms with Gasteiger partial charge in [-0.2, -0.15) is 10.2 Å². The second-order valence-electron chi connectivity index (χ2n) is 5.80. The average molecular weight is 294 g/mol. The fourth-order valence-electron chi connectivity index (χ4n) is 2.02. The highest BCUT2D eigenvalue weighted by molar-refractivity contribution is 5.57. The van der Waals surface area contributed by atoms with Gasteiger partial charge in [0.15, 0.2) is 0 Å². The lowest BCUT2D eigenvalue weighted by Crippen LogP contribution is -2.44. The summed E-state index contributed by atoms with van der Waals surface area (Å²) in [6, 6.07) is 0. The summed E-state index contributed by atoms with van der Waals surface area (Å²) >= 11 is 0. The van der Waals surface area contributed by atoms with Crippen LogP contribution in [-0.2, 0) is 13.1 Å². The Balaban J connectivity index is 1.90. The number of hydrogen-bond acceptors (Lipinski definition) is 6. The zero-order valence-electron chi connectivity index (χ0n) is 12.5. The molecule has 0 aliphatic rings. The van der Waals surface area contributed by atoms with Crippen LogP contribution in [0, 0.1) is 0 Å². The summed E-state index contributed by atoms with van der Waals surface area (Å²) in [5.74, 6) is 1.03. The fraction of sp³-hybridized carbons (Fsp3) is 0.500. The van der Waals surface area contributed by atoms with Crippen molar-refractivity contribution in [1.82, 2.24) is 19.6 Å². The molecule has 0 unspecified atom stereocenters. The van der Waals surface area contributed by atoms with Gasteiger partial charge in [-0.15, -0.1) is 0 Å². The van der Waals surface area contributed by atoms with Crippen LogP contribution in [0.3, 0.4) is 0 Å². The Morgan fingerprint density at radius 3 is 1.52 bits per heavy atom. The fourth-order valence-corrected chi connectivity index (χ4v) is 2.02. The number of hydrogen-bond donors (Lipinski definition) is 4. The van der Waals surface area contributed by atoms with E-state index in [1.54, 1.807) is 21.8 Å². The minimum absolute atomic E-state index is 0.513. The molecule has 0 aliphatic carbocycles. The number of rotatable bonds is 6. The monoisotopic (exact) mass is 294 g/mol. The number of nitrogen functional groups attached to an aromatic ring is 4. The van der Waals surface area contributed by atoms with E-state index in [1.807, 2.05) is 0 Å². The maximum Gasteiger partial charge on any atom is 0.145 e. The highest BCUT2D eigenvalue weighted by Crippen LogP contribution is 2.14. The smallest absolute Gasteiger partial charge is 0.145 e. The molecular formula is C12H24N9+. The van der Waals surface area contributed by atoms with Gasteiger partial charge in [0.05, 0.1) is 64.0 Å². The Labute approximate surface area is 123 Å². The maximum absolute atomic E-state index is 5.84. The van der Waals surface area contributed by atoms with E-state index in [-0.39, 0.29) is 0 Å². The third-order valence-electron chi connectivity index (χ3n) is 3.65. The molecule has 9 nitrogen and oxygen atoms in total. The van der Waals surface area contributed by atoms with Gasteiger partial charge in [-0.05, 0) is 0 Å². The largest absolute Gasteiger partial charge is 0.394 e. The van der Waals surface area contributed by atoms with Crippen LogP contribution in [0.1, 0.15) is 0 Å². The van der Waals surface area contributed by atoms with Gasteiger partial charge in [0, 0.05) is 0 Å². The number of aromatic nitrogens is 4. The third kappa shape index (κ3) is 3.37. The molecule has 0 radical (unpaired) electrons. The van der Waals surface area contributed by atoms with Gasteiger partial charge in [-0.3, -0.25) is 0 Å². The van der Waals surface area contributed by atoms with Crippen molar-refractivity contribution in [2.75, 3.05) is 50.1 Å². The van der Waals surface area contributed by atoms with Gasteiger partial charge in [0.2, 0.25) is 0 Å². The van der Waals surface area contributed by atoms with Gasteiger partial charge in [-0.1, -0.05) is 0 Å². The molecule has 0 aromatic carbocycles. The Hall–Kier alpha value is -2.42. The van der Waals surface area contributed by atoms with Crippen molar-refractivity contribution in [2.24, 2.45) is 0 Å². The van der Waals surface area contributed by atoms with Crippen LogP contribution in [0.2, 0.25) is 0 Å². The molecule has 21 heavy (non-hydrogen) atoms. The highest BCUT2D eigenvalue weighted by Gasteiger charge is 2.17. The average Bonchev–Trinajstić information content (AvgIpc) is 2.92. The molecule has 9 heteroatoms. The number of nitrogens with zero attached hydrogens (tertiary/aromatic N) is 5. The van der Waals surface area contributed by atoms with Crippen LogP contribution in [0.5, 0.6) is 0 Å². The molecule has 0 amide bonds. The molecule has 0 bridgehead atoms. The lowest BCUT2D eigenvalue weighted by Gasteiger charge is -2.30. The molecule has 116 valence electrons. The van der Waals surface area contributed by atoms with E-state index >= 15 is 0 Å². The van der Waals surface area contributed by atoms with Gasteiger partial charge in [-0.25, -0.2) is 9.36 Å². The van der Waals surface area contributed by atoms with Gasteiger partial charge < -0.3 is 27.4 Å². The summed E-state index contributed by atoms with van der Waals surface area (Å²) in [5, 5.41) is 8.31. The molecule has 2 aromatic heterocycles. The van der Waals surface area contributed by atoms with Crippen LogP contribution >= 0.6 is 0 Å². The van der Waals surface area contributed by atoms with E-state index in [4.69, 9.17) is 22.9 Å². The van der Waals surface area contributed by atoms with Crippen molar-refractivity contribution in [2.45, 2.75) is 13.1 Å². The van der Waals surface area contributed by atoms with Crippen molar-refractivity contribution in [1.29, 1.82) is 0 Å². The molecule has 0 spiro atoms. The molecular weight excluding hydrogens is 270 g/mol. The van der Waals surface area contributed by atoms with Crippen molar-refractivity contribution in [3.8, 4) is 0 Å². The number of anilines is 4. The van der Waals surface area contributed by atoms with Crippen molar-refractivity contribution in [3.05, 3.63) is 12.4 Å². The molecule has 2 heterocycles. The lowest BCUT2D eigenvalue weighted by atomic mass is 10.4. The summed E-state index contributed by atoms with van der Waals surface area (Å²) < 4.78 is 4.21. The normalized spacial score (nSPS) is 11.9. The number of likely N-dealkylation sites (N-methyl/N-ethyl adjacent to an activating group) is 1. The molecule has 0 fully saturated rings.